The number of hydrogen-bond acceptors (Lipinski definition) is 4. The van der Waals surface area contributed by atoms with E-state index in [2.05, 4.69) is 16.0 Å². The Labute approximate surface area is 203 Å². The maximum absolute atomic E-state index is 13.6. The highest BCUT2D eigenvalue weighted by molar-refractivity contribution is 6.44. The fourth-order valence-electron chi connectivity index (χ4n) is 4.84. The number of hydrogen-bond donors (Lipinski definition) is 3. The van der Waals surface area contributed by atoms with Crippen molar-refractivity contribution in [3.05, 3.63) is 51.6 Å². The molecule has 0 atom stereocenters. The van der Waals surface area contributed by atoms with Crippen LogP contribution in [0.3, 0.4) is 0 Å². The second kappa shape index (κ2) is 8.71. The highest BCUT2D eigenvalue weighted by Crippen LogP contribution is 2.46. The minimum atomic E-state index is -3.13. The Kier molecular flexibility index (Phi) is 6.16. The zero-order valence-electron chi connectivity index (χ0n) is 18.9. The summed E-state index contributed by atoms with van der Waals surface area (Å²) in [4.78, 5) is 51.3. The molecule has 2 aromatic rings. The van der Waals surface area contributed by atoms with Gasteiger partial charge in [-0.2, -0.15) is 0 Å². The van der Waals surface area contributed by atoms with Gasteiger partial charge in [0.15, 0.2) is 0 Å². The number of Topliss-reactive ketones (excluding diaryl/α,β-unsaturated/α-hetero) is 1. The van der Waals surface area contributed by atoms with E-state index in [-0.39, 0.29) is 27.5 Å². The van der Waals surface area contributed by atoms with E-state index in [1.807, 2.05) is 0 Å². The Balaban J connectivity index is 1.62. The number of benzene rings is 1. The average Bonchev–Trinajstić information content (AvgIpc) is 3.33. The SMILES string of the molecule is CNC(=O)C1(NC(=O)C(=O)c2c(C)c(C(=O)Nc3ccc(F)c(Cl)c3)n3c2CCC3)CC(F)(F)C1. The first kappa shape index (κ1) is 24.8. The predicted octanol–water partition coefficient (Wildman–Crippen LogP) is 3.00. The normalized spacial score (nSPS) is 17.2. The average molecular weight is 511 g/mol. The molecule has 1 fully saturated rings. The maximum Gasteiger partial charge on any atom is 0.293 e. The van der Waals surface area contributed by atoms with Crippen molar-refractivity contribution in [2.75, 3.05) is 12.4 Å². The van der Waals surface area contributed by atoms with Gasteiger partial charge in [0.1, 0.15) is 17.1 Å². The van der Waals surface area contributed by atoms with Crippen molar-refractivity contribution in [3.8, 4) is 0 Å². The van der Waals surface area contributed by atoms with Gasteiger partial charge < -0.3 is 20.5 Å². The lowest BCUT2D eigenvalue weighted by atomic mass is 9.72. The van der Waals surface area contributed by atoms with Crippen LogP contribution in [0.15, 0.2) is 18.2 Å². The number of nitrogens with one attached hydrogen (secondary N) is 3. The molecule has 0 saturated heterocycles. The molecule has 0 unspecified atom stereocenters. The molecule has 1 aliphatic carbocycles. The third-order valence-corrected chi connectivity index (χ3v) is 6.66. The smallest absolute Gasteiger partial charge is 0.293 e. The molecule has 1 saturated carbocycles. The second-order valence-electron chi connectivity index (χ2n) is 8.79. The van der Waals surface area contributed by atoms with E-state index in [0.717, 1.165) is 6.07 Å². The highest BCUT2D eigenvalue weighted by atomic mass is 35.5. The van der Waals surface area contributed by atoms with Crippen LogP contribution in [-0.2, 0) is 22.6 Å². The van der Waals surface area contributed by atoms with Crippen LogP contribution in [0.4, 0.5) is 18.9 Å². The molecule has 186 valence electrons. The molecule has 0 bridgehead atoms. The summed E-state index contributed by atoms with van der Waals surface area (Å²) in [6.45, 7) is 1.93. The minimum absolute atomic E-state index is 0.000397. The Morgan fingerprint density at radius 1 is 1.14 bits per heavy atom. The summed E-state index contributed by atoms with van der Waals surface area (Å²) in [6, 6.07) is 3.66. The lowest BCUT2D eigenvalue weighted by Gasteiger charge is -2.45. The number of fused-ring (bicyclic) bond motifs is 1. The number of alkyl halides is 2. The highest BCUT2D eigenvalue weighted by Gasteiger charge is 2.62. The molecule has 35 heavy (non-hydrogen) atoms. The summed E-state index contributed by atoms with van der Waals surface area (Å²) in [5.74, 6) is -7.41. The molecule has 1 aromatic carbocycles. The van der Waals surface area contributed by atoms with Crippen molar-refractivity contribution >= 4 is 40.8 Å². The Morgan fingerprint density at radius 2 is 1.83 bits per heavy atom. The Hall–Kier alpha value is -3.34. The monoisotopic (exact) mass is 510 g/mol. The van der Waals surface area contributed by atoms with Crippen LogP contribution in [-0.4, -0.2) is 46.6 Å². The fraction of sp³-hybridized carbons (Fsp3) is 0.391. The standard InChI is InChI=1S/C23H22ClF3N4O4/c1-11-16(18(32)20(34)30-22(21(35)28-2)9-23(26,27)10-22)15-4-3-7-31(15)17(11)19(33)29-12-5-6-14(25)13(24)8-12/h5-6,8H,3-4,7,9-10H2,1-2H3,(H,28,35)(H,29,33)(H,30,34). The van der Waals surface area contributed by atoms with Gasteiger partial charge in [0.2, 0.25) is 5.91 Å². The van der Waals surface area contributed by atoms with Crippen molar-refractivity contribution in [2.24, 2.45) is 0 Å². The van der Waals surface area contributed by atoms with E-state index in [9.17, 15) is 32.3 Å². The van der Waals surface area contributed by atoms with Gasteiger partial charge in [0, 0.05) is 37.8 Å². The van der Waals surface area contributed by atoms with E-state index in [4.69, 9.17) is 11.6 Å². The number of carbonyl (C=O) groups excluding carboxylic acids is 4. The lowest BCUT2D eigenvalue weighted by molar-refractivity contribution is -0.164. The molecule has 8 nitrogen and oxygen atoms in total. The first-order chi connectivity index (χ1) is 16.4. The van der Waals surface area contributed by atoms with E-state index < -0.39 is 53.6 Å². The van der Waals surface area contributed by atoms with E-state index in [1.54, 1.807) is 4.57 Å². The number of ketones is 1. The zero-order valence-corrected chi connectivity index (χ0v) is 19.6. The summed E-state index contributed by atoms with van der Waals surface area (Å²) in [7, 11) is 1.25. The van der Waals surface area contributed by atoms with Crippen LogP contribution in [0.25, 0.3) is 0 Å². The number of halogens is 4. The van der Waals surface area contributed by atoms with Gasteiger partial charge in [-0.15, -0.1) is 0 Å². The molecule has 2 heterocycles. The number of nitrogens with zero attached hydrogens (tertiary/aromatic N) is 1. The van der Waals surface area contributed by atoms with Crippen molar-refractivity contribution < 1.29 is 32.3 Å². The summed E-state index contributed by atoms with van der Waals surface area (Å²) >= 11 is 5.77. The minimum Gasteiger partial charge on any atom is -0.357 e. The van der Waals surface area contributed by atoms with Crippen molar-refractivity contribution in [1.82, 2.24) is 15.2 Å². The third-order valence-electron chi connectivity index (χ3n) is 6.37. The van der Waals surface area contributed by atoms with Gasteiger partial charge in [0.25, 0.3) is 23.5 Å². The van der Waals surface area contributed by atoms with Crippen LogP contribution in [0.5, 0.6) is 0 Å². The molecule has 0 spiro atoms. The van der Waals surface area contributed by atoms with Gasteiger partial charge in [-0.05, 0) is 43.5 Å². The number of carbonyl (C=O) groups is 4. The predicted molar refractivity (Wildman–Crippen MR) is 120 cm³/mol. The molecule has 1 aromatic heterocycles. The molecule has 3 N–H and O–H groups in total. The Morgan fingerprint density at radius 3 is 2.43 bits per heavy atom. The van der Waals surface area contributed by atoms with E-state index >= 15 is 0 Å². The quantitative estimate of drug-likeness (QED) is 0.410. The molecule has 1 aliphatic heterocycles. The first-order valence-corrected chi connectivity index (χ1v) is 11.2. The first-order valence-electron chi connectivity index (χ1n) is 10.8. The van der Waals surface area contributed by atoms with Crippen LogP contribution >= 0.6 is 11.6 Å². The van der Waals surface area contributed by atoms with Crippen molar-refractivity contribution in [3.63, 3.8) is 0 Å². The molecule has 3 amide bonds. The van der Waals surface area contributed by atoms with Crippen LogP contribution in [0.2, 0.25) is 5.02 Å². The zero-order chi connectivity index (χ0) is 25.7. The number of amides is 3. The largest absolute Gasteiger partial charge is 0.357 e. The summed E-state index contributed by atoms with van der Waals surface area (Å²) < 4.78 is 42.2. The number of likely N-dealkylation sites (N-methyl/N-ethyl adjacent to an activating group) is 1. The lowest BCUT2D eigenvalue weighted by Crippen LogP contribution is -2.69. The van der Waals surface area contributed by atoms with Crippen LogP contribution < -0.4 is 16.0 Å². The van der Waals surface area contributed by atoms with Gasteiger partial charge in [-0.1, -0.05) is 11.6 Å². The van der Waals surface area contributed by atoms with Gasteiger partial charge in [0.05, 0.1) is 10.6 Å². The molecule has 12 heteroatoms. The fourth-order valence-corrected chi connectivity index (χ4v) is 5.02. The number of aromatic nitrogens is 1. The molecular weight excluding hydrogens is 489 g/mol. The maximum atomic E-state index is 13.6. The third kappa shape index (κ3) is 4.29. The molecule has 2 aliphatic rings. The van der Waals surface area contributed by atoms with Gasteiger partial charge in [-0.25, -0.2) is 13.2 Å². The Bertz CT molecular complexity index is 1270. The van der Waals surface area contributed by atoms with Crippen molar-refractivity contribution in [2.45, 2.75) is 50.6 Å². The van der Waals surface area contributed by atoms with Crippen molar-refractivity contribution in [1.29, 1.82) is 0 Å². The topological polar surface area (TPSA) is 109 Å². The van der Waals surface area contributed by atoms with Crippen LogP contribution in [0, 0.1) is 12.7 Å². The summed E-state index contributed by atoms with van der Waals surface area (Å²) in [5.41, 5.74) is -0.801. The van der Waals surface area contributed by atoms with Gasteiger partial charge in [-0.3, -0.25) is 19.2 Å². The number of anilines is 1. The van der Waals surface area contributed by atoms with Gasteiger partial charge >= 0.3 is 0 Å². The molecule has 0 radical (unpaired) electrons. The summed E-state index contributed by atoms with van der Waals surface area (Å²) in [6.07, 6.45) is -0.795. The number of rotatable bonds is 6. The van der Waals surface area contributed by atoms with E-state index in [0.29, 0.717) is 25.1 Å². The van der Waals surface area contributed by atoms with Crippen LogP contribution in [0.1, 0.15) is 51.4 Å². The summed E-state index contributed by atoms with van der Waals surface area (Å²) in [5, 5.41) is 6.87. The van der Waals surface area contributed by atoms with E-state index in [1.165, 1.54) is 26.1 Å². The second-order valence-corrected chi connectivity index (χ2v) is 9.19. The molecule has 4 rings (SSSR count). The molecular formula is C23H22ClF3N4O4.